The van der Waals surface area contributed by atoms with Gasteiger partial charge in [-0.05, 0) is 52.1 Å². The summed E-state index contributed by atoms with van der Waals surface area (Å²) in [7, 11) is 2.11. The Morgan fingerprint density at radius 2 is 1.94 bits per heavy atom. The van der Waals surface area contributed by atoms with Crippen LogP contribution in [-0.2, 0) is 4.79 Å². The van der Waals surface area contributed by atoms with Crippen LogP contribution < -0.4 is 5.32 Å². The Morgan fingerprint density at radius 3 is 2.65 bits per heavy atom. The number of alkyl halides is 1. The maximum atomic E-state index is 13.7. The number of nitrogens with zero attached hydrogens (tertiary/aromatic N) is 6. The van der Waals surface area contributed by atoms with Crippen molar-refractivity contribution in [2.24, 2.45) is 0 Å². The highest BCUT2D eigenvalue weighted by Gasteiger charge is 2.42. The summed E-state index contributed by atoms with van der Waals surface area (Å²) in [5.74, 6) is 1.36. The van der Waals surface area contributed by atoms with E-state index in [1.165, 1.54) is 11.8 Å². The van der Waals surface area contributed by atoms with E-state index in [4.69, 9.17) is 9.51 Å². The molecular weight excluding hydrogens is 437 g/mol. The van der Waals surface area contributed by atoms with E-state index in [1.54, 1.807) is 19.2 Å². The molecule has 34 heavy (non-hydrogen) atoms. The molecule has 5 heterocycles. The molecule has 2 aliphatic rings. The lowest BCUT2D eigenvalue weighted by atomic mass is 9.98. The van der Waals surface area contributed by atoms with E-state index < -0.39 is 11.7 Å². The first-order chi connectivity index (χ1) is 16.3. The van der Waals surface area contributed by atoms with Gasteiger partial charge in [-0.1, -0.05) is 11.2 Å². The number of carbonyl (C=O) groups is 1. The van der Waals surface area contributed by atoms with Crippen LogP contribution in [0.3, 0.4) is 0 Å². The summed E-state index contributed by atoms with van der Waals surface area (Å²) in [6, 6.07) is 8.80. The van der Waals surface area contributed by atoms with Crippen LogP contribution >= 0.6 is 0 Å². The van der Waals surface area contributed by atoms with Gasteiger partial charge >= 0.3 is 0 Å². The topological polar surface area (TPSA) is 100 Å². The van der Waals surface area contributed by atoms with Gasteiger partial charge in [0.15, 0.2) is 0 Å². The molecule has 2 saturated heterocycles. The molecule has 1 amide bonds. The Labute approximate surface area is 197 Å². The van der Waals surface area contributed by atoms with Crippen LogP contribution in [-0.4, -0.2) is 80.8 Å². The van der Waals surface area contributed by atoms with E-state index in [9.17, 15) is 9.18 Å². The first-order valence-corrected chi connectivity index (χ1v) is 11.5. The van der Waals surface area contributed by atoms with Gasteiger partial charge < -0.3 is 19.6 Å². The zero-order valence-corrected chi connectivity index (χ0v) is 19.5. The summed E-state index contributed by atoms with van der Waals surface area (Å²) in [4.78, 5) is 29.7. The highest BCUT2D eigenvalue weighted by molar-refractivity contribution is 5.84. The zero-order chi connectivity index (χ0) is 23.9. The standard InChI is InChI=1S/C24H28FN7O2/c1-15(22(33)32-13-24(2,25)14-32)27-23-26-9-7-19(29-23)17-5-4-6-18(28-17)20-11-21(34-30-20)16-8-10-31(3)12-16/h4-7,9,11,15-16H,8,10,12-14H2,1-3H3,(H,26,27,29)/t15-,16-/m1/s1. The van der Waals surface area contributed by atoms with Crippen LogP contribution in [0.1, 0.15) is 31.9 Å². The maximum Gasteiger partial charge on any atom is 0.245 e. The molecule has 0 spiro atoms. The Hall–Kier alpha value is -3.40. The van der Waals surface area contributed by atoms with Gasteiger partial charge in [0.05, 0.1) is 30.2 Å². The van der Waals surface area contributed by atoms with Gasteiger partial charge in [0.25, 0.3) is 0 Å². The second-order valence-electron chi connectivity index (χ2n) is 9.51. The molecular formula is C24H28FN7O2. The summed E-state index contributed by atoms with van der Waals surface area (Å²) < 4.78 is 19.4. The Bertz CT molecular complexity index is 1190. The van der Waals surface area contributed by atoms with Crippen LogP contribution in [0.5, 0.6) is 0 Å². The number of likely N-dealkylation sites (tertiary alicyclic amines) is 2. The Morgan fingerprint density at radius 1 is 1.21 bits per heavy atom. The minimum Gasteiger partial charge on any atom is -0.360 e. The number of pyridine rings is 1. The average molecular weight is 466 g/mol. The Balaban J connectivity index is 1.30. The molecule has 0 radical (unpaired) electrons. The minimum atomic E-state index is -1.31. The quantitative estimate of drug-likeness (QED) is 0.593. The molecule has 5 rings (SSSR count). The van der Waals surface area contributed by atoms with Gasteiger partial charge in [-0.25, -0.2) is 19.3 Å². The van der Waals surface area contributed by atoms with Crippen LogP contribution in [0.4, 0.5) is 10.3 Å². The third-order valence-electron chi connectivity index (χ3n) is 6.32. The van der Waals surface area contributed by atoms with Gasteiger partial charge in [0, 0.05) is 24.7 Å². The molecule has 9 nitrogen and oxygen atoms in total. The number of aromatic nitrogens is 4. The summed E-state index contributed by atoms with van der Waals surface area (Å²) in [6.07, 6.45) is 2.67. The van der Waals surface area contributed by atoms with E-state index in [0.717, 1.165) is 25.3 Å². The molecule has 0 saturated carbocycles. The molecule has 1 N–H and O–H groups in total. The highest BCUT2D eigenvalue weighted by Crippen LogP contribution is 2.30. The van der Waals surface area contributed by atoms with Crippen molar-refractivity contribution in [3.8, 4) is 22.8 Å². The lowest BCUT2D eigenvalue weighted by Crippen LogP contribution is -2.61. The number of halogens is 1. The molecule has 10 heteroatoms. The van der Waals surface area contributed by atoms with Crippen LogP contribution in [0, 0.1) is 0 Å². The highest BCUT2D eigenvalue weighted by atomic mass is 19.1. The summed E-state index contributed by atoms with van der Waals surface area (Å²) in [5, 5.41) is 7.26. The van der Waals surface area contributed by atoms with Gasteiger partial charge in [0.2, 0.25) is 11.9 Å². The molecule has 178 valence electrons. The first kappa shape index (κ1) is 22.4. The fourth-order valence-electron chi connectivity index (χ4n) is 4.50. The molecule has 2 aliphatic heterocycles. The second-order valence-corrected chi connectivity index (χ2v) is 9.51. The predicted molar refractivity (Wildman–Crippen MR) is 125 cm³/mol. The summed E-state index contributed by atoms with van der Waals surface area (Å²) in [5.41, 5.74) is 1.35. The van der Waals surface area contributed by atoms with Gasteiger partial charge in [-0.3, -0.25) is 4.79 Å². The van der Waals surface area contributed by atoms with Crippen molar-refractivity contribution in [3.05, 3.63) is 42.3 Å². The predicted octanol–water partition coefficient (Wildman–Crippen LogP) is 2.98. The third-order valence-corrected chi connectivity index (χ3v) is 6.32. The summed E-state index contributed by atoms with van der Waals surface area (Å²) in [6.45, 7) is 5.44. The van der Waals surface area contributed by atoms with E-state index in [-0.39, 0.29) is 19.0 Å². The summed E-state index contributed by atoms with van der Waals surface area (Å²) >= 11 is 0. The third kappa shape index (κ3) is 4.63. The molecule has 0 aliphatic carbocycles. The average Bonchev–Trinajstić information content (AvgIpc) is 3.46. The monoisotopic (exact) mass is 465 g/mol. The molecule has 2 atom stereocenters. The number of rotatable bonds is 6. The van der Waals surface area contributed by atoms with Crippen molar-refractivity contribution in [2.75, 3.05) is 38.5 Å². The van der Waals surface area contributed by atoms with E-state index in [0.29, 0.717) is 34.6 Å². The fourth-order valence-corrected chi connectivity index (χ4v) is 4.50. The molecule has 0 aromatic carbocycles. The van der Waals surface area contributed by atoms with Crippen molar-refractivity contribution in [2.45, 2.75) is 37.9 Å². The van der Waals surface area contributed by atoms with E-state index in [2.05, 4.69) is 32.4 Å². The zero-order valence-electron chi connectivity index (χ0n) is 19.5. The number of amides is 1. The number of carbonyl (C=O) groups excluding carboxylic acids is 1. The number of anilines is 1. The molecule has 0 bridgehead atoms. The number of hydrogen-bond acceptors (Lipinski definition) is 8. The molecule has 0 unspecified atom stereocenters. The van der Waals surface area contributed by atoms with Crippen molar-refractivity contribution in [3.63, 3.8) is 0 Å². The van der Waals surface area contributed by atoms with E-state index in [1.807, 2.05) is 24.3 Å². The number of nitrogens with one attached hydrogen (secondary N) is 1. The molecule has 3 aromatic heterocycles. The SMILES string of the molecule is C[C@@H](Nc1nccc(-c2cccc(-c3cc([C@@H]4CCN(C)C4)on3)n2)n1)C(=O)N1CC(C)(F)C1. The molecule has 3 aromatic rings. The number of likely N-dealkylation sites (N-methyl/N-ethyl adjacent to an activating group) is 1. The smallest absolute Gasteiger partial charge is 0.245 e. The fraction of sp³-hybridized carbons (Fsp3) is 0.458. The number of hydrogen-bond donors (Lipinski definition) is 1. The van der Waals surface area contributed by atoms with Crippen molar-refractivity contribution in [1.82, 2.24) is 29.9 Å². The maximum absolute atomic E-state index is 13.7. The van der Waals surface area contributed by atoms with Gasteiger partial charge in [-0.15, -0.1) is 0 Å². The second kappa shape index (κ2) is 8.75. The normalized spacial score (nSPS) is 20.7. The molecule has 2 fully saturated rings. The first-order valence-electron chi connectivity index (χ1n) is 11.5. The minimum absolute atomic E-state index is 0.108. The van der Waals surface area contributed by atoms with Crippen LogP contribution in [0.25, 0.3) is 22.8 Å². The lowest BCUT2D eigenvalue weighted by Gasteiger charge is -2.43. The van der Waals surface area contributed by atoms with Crippen LogP contribution in [0.15, 0.2) is 41.1 Å². The van der Waals surface area contributed by atoms with Crippen molar-refractivity contribution in [1.29, 1.82) is 0 Å². The van der Waals surface area contributed by atoms with Gasteiger partial charge in [0.1, 0.15) is 23.2 Å². The largest absolute Gasteiger partial charge is 0.360 e. The lowest BCUT2D eigenvalue weighted by molar-refractivity contribution is -0.144. The Kier molecular flexibility index (Phi) is 5.76. The van der Waals surface area contributed by atoms with Crippen molar-refractivity contribution >= 4 is 11.9 Å². The van der Waals surface area contributed by atoms with E-state index >= 15 is 0 Å². The van der Waals surface area contributed by atoms with Gasteiger partial charge in [-0.2, -0.15) is 0 Å². The van der Waals surface area contributed by atoms with Crippen LogP contribution in [0.2, 0.25) is 0 Å². The van der Waals surface area contributed by atoms with Crippen molar-refractivity contribution < 1.29 is 13.7 Å².